The fourth-order valence-electron chi connectivity index (χ4n) is 5.99. The predicted octanol–water partition coefficient (Wildman–Crippen LogP) is 3.83. The van der Waals surface area contributed by atoms with Gasteiger partial charge >= 0.3 is 23.9 Å². The molecule has 45 heavy (non-hydrogen) atoms. The number of ether oxygens (including phenoxy) is 8. The van der Waals surface area contributed by atoms with Gasteiger partial charge in [-0.15, -0.1) is 0 Å². The number of fused-ring (bicyclic) bond motifs is 1. The molecule has 5 rings (SSSR count). The molecule has 1 unspecified atom stereocenters. The molecule has 242 valence electrons. The zero-order valence-corrected chi connectivity index (χ0v) is 26.0. The third kappa shape index (κ3) is 7.23. The van der Waals surface area contributed by atoms with E-state index in [2.05, 4.69) is 0 Å². The van der Waals surface area contributed by atoms with Crippen molar-refractivity contribution in [3.63, 3.8) is 0 Å². The van der Waals surface area contributed by atoms with Gasteiger partial charge in [0.25, 0.3) is 5.79 Å². The highest BCUT2D eigenvalue weighted by Gasteiger charge is 2.63. The molecule has 0 amide bonds. The SMILES string of the molecule is COC1(c2ccc(C3CC3)c(Cc3ccc4c(c3)OCCO4)c2)C[C@H](OC(C)=O)[C@@H](OC(C)=O)[C@@](COC(C)=O)(OC(C)=O)O1. The van der Waals surface area contributed by atoms with Crippen LogP contribution in [0.2, 0.25) is 0 Å². The first kappa shape index (κ1) is 32.2. The van der Waals surface area contributed by atoms with Crippen LogP contribution in [0.5, 0.6) is 11.5 Å². The molecule has 2 fully saturated rings. The van der Waals surface area contributed by atoms with Crippen LogP contribution in [0.1, 0.15) is 75.1 Å². The minimum absolute atomic E-state index is 0.143. The Morgan fingerprint density at radius 2 is 1.56 bits per heavy atom. The average molecular weight is 627 g/mol. The van der Waals surface area contributed by atoms with Gasteiger partial charge in [0.15, 0.2) is 24.2 Å². The van der Waals surface area contributed by atoms with Gasteiger partial charge in [0.1, 0.15) is 13.2 Å². The first-order valence-corrected chi connectivity index (χ1v) is 14.9. The Bertz CT molecular complexity index is 1470. The molecule has 1 saturated carbocycles. The fraction of sp³-hybridized carbons (Fsp3) is 0.515. The average Bonchev–Trinajstić information content (AvgIpc) is 3.82. The maximum absolute atomic E-state index is 12.5. The van der Waals surface area contributed by atoms with E-state index in [1.165, 1.54) is 26.5 Å². The first-order valence-electron chi connectivity index (χ1n) is 14.9. The van der Waals surface area contributed by atoms with Crippen LogP contribution in [0.25, 0.3) is 0 Å². The molecule has 12 heteroatoms. The molecule has 4 atom stereocenters. The number of benzene rings is 2. The molecule has 2 aliphatic heterocycles. The van der Waals surface area contributed by atoms with Gasteiger partial charge < -0.3 is 33.2 Å². The van der Waals surface area contributed by atoms with E-state index >= 15 is 0 Å². The van der Waals surface area contributed by atoms with Gasteiger partial charge in [-0.2, -0.15) is 0 Å². The third-order valence-corrected chi connectivity index (χ3v) is 7.91. The second-order valence-corrected chi connectivity index (χ2v) is 11.5. The van der Waals surface area contributed by atoms with E-state index in [-0.39, 0.29) is 6.42 Å². The second-order valence-electron chi connectivity index (χ2n) is 11.5. The van der Waals surface area contributed by atoms with Crippen LogP contribution in [0, 0.1) is 0 Å². The molecule has 0 spiro atoms. The van der Waals surface area contributed by atoms with Crippen molar-refractivity contribution in [1.82, 2.24) is 0 Å². The molecule has 0 radical (unpaired) electrons. The monoisotopic (exact) mass is 626 g/mol. The van der Waals surface area contributed by atoms with Gasteiger partial charge in [-0.25, -0.2) is 0 Å². The summed E-state index contributed by atoms with van der Waals surface area (Å²) in [5.41, 5.74) is 3.72. The topological polar surface area (TPSA) is 142 Å². The maximum Gasteiger partial charge on any atom is 0.305 e. The number of hydrogen-bond donors (Lipinski definition) is 0. The minimum Gasteiger partial charge on any atom is -0.486 e. The van der Waals surface area contributed by atoms with Crippen LogP contribution in [-0.2, 0) is 59.8 Å². The van der Waals surface area contributed by atoms with Gasteiger partial charge in [0.05, 0.1) is 0 Å². The van der Waals surface area contributed by atoms with Gasteiger partial charge in [-0.1, -0.05) is 18.2 Å². The van der Waals surface area contributed by atoms with Crippen molar-refractivity contribution in [2.75, 3.05) is 26.9 Å². The van der Waals surface area contributed by atoms with Crippen LogP contribution < -0.4 is 9.47 Å². The molecular formula is C33H38O12. The maximum atomic E-state index is 12.5. The van der Waals surface area contributed by atoms with Gasteiger partial charge in [0, 0.05) is 46.8 Å². The van der Waals surface area contributed by atoms with Crippen molar-refractivity contribution >= 4 is 23.9 Å². The molecule has 0 N–H and O–H groups in total. The number of carbonyl (C=O) groups excluding carboxylic acids is 4. The number of carbonyl (C=O) groups is 4. The summed E-state index contributed by atoms with van der Waals surface area (Å²) in [5.74, 6) is -5.12. The molecule has 3 aliphatic rings. The van der Waals surface area contributed by atoms with Gasteiger partial charge in [0.2, 0.25) is 11.9 Å². The lowest BCUT2D eigenvalue weighted by Crippen LogP contribution is -2.67. The highest BCUT2D eigenvalue weighted by atomic mass is 16.8. The molecule has 12 nitrogen and oxygen atoms in total. The summed E-state index contributed by atoms with van der Waals surface area (Å²) < 4.78 is 46.2. The fourth-order valence-corrected chi connectivity index (χ4v) is 5.99. The third-order valence-electron chi connectivity index (χ3n) is 7.91. The smallest absolute Gasteiger partial charge is 0.305 e. The molecule has 0 aromatic heterocycles. The van der Waals surface area contributed by atoms with Crippen molar-refractivity contribution < 1.29 is 57.1 Å². The number of esters is 4. The summed E-state index contributed by atoms with van der Waals surface area (Å²) in [4.78, 5) is 49.0. The van der Waals surface area contributed by atoms with Gasteiger partial charge in [-0.05, 0) is 60.1 Å². The number of rotatable bonds is 10. The molecule has 1 saturated heterocycles. The van der Waals surface area contributed by atoms with E-state index in [4.69, 9.17) is 37.9 Å². The molecule has 2 aromatic rings. The lowest BCUT2D eigenvalue weighted by atomic mass is 9.86. The zero-order chi connectivity index (χ0) is 32.4. The number of hydrogen-bond acceptors (Lipinski definition) is 12. The molecule has 1 aliphatic carbocycles. The van der Waals surface area contributed by atoms with Crippen molar-refractivity contribution in [1.29, 1.82) is 0 Å². The van der Waals surface area contributed by atoms with Crippen molar-refractivity contribution in [3.8, 4) is 11.5 Å². The molecule has 0 bridgehead atoms. The Kier molecular flexibility index (Phi) is 9.36. The Morgan fingerprint density at radius 3 is 2.18 bits per heavy atom. The van der Waals surface area contributed by atoms with Crippen LogP contribution in [0.3, 0.4) is 0 Å². The van der Waals surface area contributed by atoms with E-state index in [0.717, 1.165) is 37.8 Å². The van der Waals surface area contributed by atoms with Crippen molar-refractivity contribution in [2.45, 2.75) is 83.1 Å². The van der Waals surface area contributed by atoms with Crippen molar-refractivity contribution in [3.05, 3.63) is 58.7 Å². The summed E-state index contributed by atoms with van der Waals surface area (Å²) in [6, 6.07) is 11.7. The van der Waals surface area contributed by atoms with Crippen LogP contribution in [0.15, 0.2) is 36.4 Å². The number of methoxy groups -OCH3 is 1. The second kappa shape index (κ2) is 13.1. The van der Waals surface area contributed by atoms with E-state index in [1.54, 1.807) is 0 Å². The van der Waals surface area contributed by atoms with Crippen LogP contribution >= 0.6 is 0 Å². The largest absolute Gasteiger partial charge is 0.486 e. The first-order chi connectivity index (χ1) is 21.4. The van der Waals surface area contributed by atoms with E-state index in [9.17, 15) is 19.2 Å². The van der Waals surface area contributed by atoms with E-state index in [0.29, 0.717) is 42.6 Å². The lowest BCUT2D eigenvalue weighted by Gasteiger charge is -2.51. The Labute approximate surface area is 261 Å². The molecule has 2 heterocycles. The Morgan fingerprint density at radius 1 is 0.844 bits per heavy atom. The van der Waals surface area contributed by atoms with Gasteiger partial charge in [-0.3, -0.25) is 23.9 Å². The van der Waals surface area contributed by atoms with Crippen LogP contribution in [-0.4, -0.2) is 68.8 Å². The van der Waals surface area contributed by atoms with E-state index < -0.39 is 54.3 Å². The zero-order valence-electron chi connectivity index (χ0n) is 26.0. The highest BCUT2D eigenvalue weighted by Crippen LogP contribution is 2.49. The summed E-state index contributed by atoms with van der Waals surface area (Å²) in [6.07, 6.45) is -0.169. The minimum atomic E-state index is -2.23. The van der Waals surface area contributed by atoms with Crippen LogP contribution in [0.4, 0.5) is 0 Å². The molecule has 2 aromatic carbocycles. The summed E-state index contributed by atoms with van der Waals surface area (Å²) in [5, 5.41) is 0. The Hall–Kier alpha value is -4.16. The normalized spacial score (nSPS) is 25.5. The summed E-state index contributed by atoms with van der Waals surface area (Å²) in [6.45, 7) is 4.94. The van der Waals surface area contributed by atoms with E-state index in [1.807, 2.05) is 36.4 Å². The predicted molar refractivity (Wildman–Crippen MR) is 155 cm³/mol. The summed E-state index contributed by atoms with van der Waals surface area (Å²) >= 11 is 0. The Balaban J connectivity index is 1.60. The lowest BCUT2D eigenvalue weighted by molar-refractivity contribution is -0.418. The summed E-state index contributed by atoms with van der Waals surface area (Å²) in [7, 11) is 1.40. The highest BCUT2D eigenvalue weighted by molar-refractivity contribution is 5.69. The molecular weight excluding hydrogens is 588 g/mol. The van der Waals surface area contributed by atoms with Crippen molar-refractivity contribution in [2.24, 2.45) is 0 Å². The quantitative estimate of drug-likeness (QED) is 0.279. The standard InChI is InChI=1S/C33H38O12/c1-19(34)41-18-33(44-22(4)37)31(43-21(3)36)30(42-20(2)35)17-32(38-5,45-33)26-9-10-27(24-7-8-24)25(16-26)14-23-6-11-28-29(15-23)40-13-12-39-28/h6,9-11,15-16,24,30-31H,7-8,12-14,17-18H2,1-5H3/t30-,31+,32?,33-/m0/s1.